The average molecular weight is 197 g/mol. The van der Waals surface area contributed by atoms with Crippen LogP contribution >= 0.6 is 0 Å². The maximum atomic E-state index is 10.3. The van der Waals surface area contributed by atoms with E-state index < -0.39 is 5.97 Å². The highest BCUT2D eigenvalue weighted by Crippen LogP contribution is 2.23. The zero-order valence-corrected chi connectivity index (χ0v) is 8.78. The predicted molar refractivity (Wildman–Crippen MR) is 56.0 cm³/mol. The van der Waals surface area contributed by atoms with Crippen LogP contribution in [0, 0.1) is 5.92 Å². The fraction of sp³-hybridized carbons (Fsp3) is 0.727. The smallest absolute Gasteiger partial charge is 0.329 e. The van der Waals surface area contributed by atoms with Crippen LogP contribution in [-0.2, 0) is 4.79 Å². The lowest BCUT2D eigenvalue weighted by molar-refractivity contribution is -0.131. The van der Waals surface area contributed by atoms with Crippen LogP contribution in [0.2, 0.25) is 0 Å². The highest BCUT2D eigenvalue weighted by Gasteiger charge is 2.13. The highest BCUT2D eigenvalue weighted by atomic mass is 16.4. The third-order valence-electron chi connectivity index (χ3n) is 2.74. The average Bonchev–Trinajstić information content (AvgIpc) is 2.16. The summed E-state index contributed by atoms with van der Waals surface area (Å²) in [6.07, 6.45) is 9.48. The molecule has 1 saturated carbocycles. The van der Waals surface area contributed by atoms with Gasteiger partial charge in [-0.3, -0.25) is 0 Å². The molecule has 1 aliphatic rings. The number of carboxylic acid groups (broad SMARTS) is 1. The molecule has 1 N–H and O–H groups in total. The minimum atomic E-state index is -0.875. The van der Waals surface area contributed by atoms with E-state index in [2.05, 4.69) is 0 Å². The normalized spacial score (nSPS) is 18.6. The van der Waals surface area contributed by atoms with E-state index in [1.165, 1.54) is 38.2 Å². The molecule has 14 heavy (non-hydrogen) atoms. The number of aliphatic carboxylic acids is 1. The zero-order chi connectivity index (χ0) is 10.4. The first-order valence-electron chi connectivity index (χ1n) is 5.30. The molecule has 0 aromatic rings. The van der Waals surface area contributed by atoms with Crippen molar-refractivity contribution in [3.8, 4) is 0 Å². The monoisotopic (exact) mass is 197 g/mol. The molecule has 3 heteroatoms. The second-order valence-corrected chi connectivity index (χ2v) is 4.10. The molecule has 3 nitrogen and oxygen atoms in total. The van der Waals surface area contributed by atoms with Crippen molar-refractivity contribution in [3.63, 3.8) is 0 Å². The summed E-state index contributed by atoms with van der Waals surface area (Å²) in [7, 11) is 1.94. The Hall–Kier alpha value is -0.990. The first-order valence-corrected chi connectivity index (χ1v) is 5.30. The molecule has 0 heterocycles. The van der Waals surface area contributed by atoms with E-state index in [1.54, 1.807) is 6.20 Å². The third-order valence-corrected chi connectivity index (χ3v) is 2.74. The van der Waals surface area contributed by atoms with Gasteiger partial charge in [0.15, 0.2) is 0 Å². The molecule has 0 bridgehead atoms. The molecule has 1 rings (SSSR count). The molecule has 0 aliphatic heterocycles. The van der Waals surface area contributed by atoms with E-state index in [-0.39, 0.29) is 0 Å². The van der Waals surface area contributed by atoms with E-state index in [4.69, 9.17) is 5.11 Å². The summed E-state index contributed by atoms with van der Waals surface area (Å²) < 4.78 is 0. The Morgan fingerprint density at radius 2 is 2.07 bits per heavy atom. The Kier molecular flexibility index (Phi) is 4.50. The highest BCUT2D eigenvalue weighted by molar-refractivity contribution is 5.79. The number of carboxylic acids is 1. The number of nitrogens with zero attached hydrogens (tertiary/aromatic N) is 1. The summed E-state index contributed by atoms with van der Waals surface area (Å²) in [6.45, 7) is 0.990. The summed E-state index contributed by atoms with van der Waals surface area (Å²) >= 11 is 0. The summed E-state index contributed by atoms with van der Waals surface area (Å²) in [4.78, 5) is 12.3. The molecule has 0 aromatic carbocycles. The van der Waals surface area contributed by atoms with Gasteiger partial charge in [0.1, 0.15) is 0 Å². The Morgan fingerprint density at radius 1 is 1.43 bits per heavy atom. The van der Waals surface area contributed by atoms with Crippen LogP contribution in [0.4, 0.5) is 0 Å². The molecular formula is C11H19NO2. The van der Waals surface area contributed by atoms with Gasteiger partial charge in [-0.1, -0.05) is 19.3 Å². The van der Waals surface area contributed by atoms with Gasteiger partial charge in [-0.2, -0.15) is 0 Å². The van der Waals surface area contributed by atoms with Crippen LogP contribution in [-0.4, -0.2) is 29.6 Å². The van der Waals surface area contributed by atoms with Crippen molar-refractivity contribution in [2.75, 3.05) is 13.6 Å². The maximum Gasteiger partial charge on any atom is 0.329 e. The lowest BCUT2D eigenvalue weighted by Crippen LogP contribution is -2.22. The topological polar surface area (TPSA) is 40.5 Å². The SMILES string of the molecule is CN(C=CC(=O)O)CC1CCCCC1. The summed E-state index contributed by atoms with van der Waals surface area (Å²) in [5.74, 6) is -0.118. The van der Waals surface area contributed by atoms with Gasteiger partial charge < -0.3 is 10.0 Å². The van der Waals surface area contributed by atoms with Gasteiger partial charge in [0.25, 0.3) is 0 Å². The molecule has 0 atom stereocenters. The van der Waals surface area contributed by atoms with E-state index in [0.29, 0.717) is 0 Å². The molecule has 0 aromatic heterocycles. The second kappa shape index (κ2) is 5.68. The third kappa shape index (κ3) is 4.30. The van der Waals surface area contributed by atoms with Crippen LogP contribution in [0.3, 0.4) is 0 Å². The predicted octanol–water partition coefficient (Wildman–Crippen LogP) is 2.10. The quantitative estimate of drug-likeness (QED) is 0.702. The van der Waals surface area contributed by atoms with E-state index in [1.807, 2.05) is 11.9 Å². The van der Waals surface area contributed by atoms with Crippen LogP contribution in [0.25, 0.3) is 0 Å². The van der Waals surface area contributed by atoms with Crippen LogP contribution in [0.15, 0.2) is 12.3 Å². The Balaban J connectivity index is 2.24. The first-order chi connectivity index (χ1) is 6.68. The minimum Gasteiger partial charge on any atom is -0.478 e. The van der Waals surface area contributed by atoms with Gasteiger partial charge in [0.2, 0.25) is 0 Å². The van der Waals surface area contributed by atoms with Gasteiger partial charge in [-0.05, 0) is 18.8 Å². The van der Waals surface area contributed by atoms with Crippen molar-refractivity contribution in [1.82, 2.24) is 4.90 Å². The molecule has 0 radical (unpaired) electrons. The summed E-state index contributed by atoms with van der Waals surface area (Å²) in [6, 6.07) is 0. The first kappa shape index (κ1) is 11.1. The van der Waals surface area contributed by atoms with Gasteiger partial charge in [-0.15, -0.1) is 0 Å². The molecule has 80 valence electrons. The molecule has 0 saturated heterocycles. The Labute approximate surface area is 85.4 Å². The van der Waals surface area contributed by atoms with Crippen molar-refractivity contribution in [2.45, 2.75) is 32.1 Å². The summed E-state index contributed by atoms with van der Waals surface area (Å²) in [5.41, 5.74) is 0. The molecular weight excluding hydrogens is 178 g/mol. The Bertz CT molecular complexity index is 207. The molecule has 0 spiro atoms. The number of hydrogen-bond acceptors (Lipinski definition) is 2. The van der Waals surface area contributed by atoms with E-state index >= 15 is 0 Å². The Morgan fingerprint density at radius 3 is 2.64 bits per heavy atom. The number of rotatable bonds is 4. The van der Waals surface area contributed by atoms with Crippen molar-refractivity contribution in [2.24, 2.45) is 5.92 Å². The van der Waals surface area contributed by atoms with E-state index in [0.717, 1.165) is 12.5 Å². The minimum absolute atomic E-state index is 0.757. The molecule has 1 aliphatic carbocycles. The molecule has 0 unspecified atom stereocenters. The standard InChI is InChI=1S/C11H19NO2/c1-12(8-7-11(13)14)9-10-5-3-2-4-6-10/h7-8,10H,2-6,9H2,1H3,(H,13,14). The van der Waals surface area contributed by atoms with Crippen molar-refractivity contribution < 1.29 is 9.90 Å². The van der Waals surface area contributed by atoms with Gasteiger partial charge in [0, 0.05) is 25.9 Å². The number of hydrogen-bond donors (Lipinski definition) is 1. The maximum absolute atomic E-state index is 10.3. The second-order valence-electron chi connectivity index (χ2n) is 4.10. The van der Waals surface area contributed by atoms with Crippen LogP contribution < -0.4 is 0 Å². The van der Waals surface area contributed by atoms with Crippen molar-refractivity contribution in [3.05, 3.63) is 12.3 Å². The molecule has 0 amide bonds. The van der Waals surface area contributed by atoms with Crippen LogP contribution in [0.1, 0.15) is 32.1 Å². The largest absolute Gasteiger partial charge is 0.478 e. The lowest BCUT2D eigenvalue weighted by Gasteiger charge is -2.25. The van der Waals surface area contributed by atoms with Gasteiger partial charge in [0.05, 0.1) is 0 Å². The van der Waals surface area contributed by atoms with E-state index in [9.17, 15) is 4.79 Å². The zero-order valence-electron chi connectivity index (χ0n) is 8.78. The van der Waals surface area contributed by atoms with Gasteiger partial charge in [-0.25, -0.2) is 4.79 Å². The van der Waals surface area contributed by atoms with Crippen molar-refractivity contribution in [1.29, 1.82) is 0 Å². The van der Waals surface area contributed by atoms with Gasteiger partial charge >= 0.3 is 5.97 Å². The molecule has 1 fully saturated rings. The fourth-order valence-corrected chi connectivity index (χ4v) is 2.03. The fourth-order valence-electron chi connectivity index (χ4n) is 2.03. The lowest BCUT2D eigenvalue weighted by atomic mass is 9.89. The van der Waals surface area contributed by atoms with Crippen molar-refractivity contribution >= 4 is 5.97 Å². The number of carbonyl (C=O) groups is 1. The van der Waals surface area contributed by atoms with Crippen LogP contribution in [0.5, 0.6) is 0 Å². The summed E-state index contributed by atoms with van der Waals surface area (Å²) in [5, 5.41) is 8.45.